The number of methoxy groups -OCH3 is 2. The molecule has 0 unspecified atom stereocenters. The molecule has 2 aromatic rings. The van der Waals surface area contributed by atoms with Crippen LogP contribution in [0.2, 0.25) is 0 Å². The highest BCUT2D eigenvalue weighted by molar-refractivity contribution is 5.79. The van der Waals surface area contributed by atoms with E-state index in [0.717, 1.165) is 29.9 Å². The molecule has 0 aliphatic carbocycles. The summed E-state index contributed by atoms with van der Waals surface area (Å²) in [5, 5.41) is 4.25. The van der Waals surface area contributed by atoms with Gasteiger partial charge in [-0.15, -0.1) is 0 Å². The number of nitrogens with zero attached hydrogens (tertiary/aromatic N) is 1. The third-order valence-electron chi connectivity index (χ3n) is 3.37. The van der Waals surface area contributed by atoms with E-state index in [1.165, 1.54) is 0 Å². The van der Waals surface area contributed by atoms with Crippen LogP contribution in [0.25, 0.3) is 0 Å². The van der Waals surface area contributed by atoms with Gasteiger partial charge in [0.25, 0.3) is 0 Å². The second-order valence-corrected chi connectivity index (χ2v) is 5.20. The van der Waals surface area contributed by atoms with Crippen molar-refractivity contribution in [2.45, 2.75) is 19.9 Å². The lowest BCUT2D eigenvalue weighted by molar-refractivity contribution is 0.317. The minimum Gasteiger partial charge on any atom is -0.494 e. The Labute approximate surface area is 143 Å². The quantitative estimate of drug-likeness (QED) is 0.564. The fourth-order valence-electron chi connectivity index (χ4n) is 2.15. The number of benzene rings is 2. The zero-order valence-corrected chi connectivity index (χ0v) is 14.4. The van der Waals surface area contributed by atoms with E-state index in [2.05, 4.69) is 17.5 Å². The van der Waals surface area contributed by atoms with Crippen LogP contribution in [-0.4, -0.2) is 27.0 Å². The number of ether oxygens (including phenoxy) is 3. The van der Waals surface area contributed by atoms with Gasteiger partial charge in [0, 0.05) is 0 Å². The first-order valence-corrected chi connectivity index (χ1v) is 7.96. The van der Waals surface area contributed by atoms with Crippen molar-refractivity contribution in [2.75, 3.05) is 20.8 Å². The van der Waals surface area contributed by atoms with E-state index in [1.54, 1.807) is 20.4 Å². The van der Waals surface area contributed by atoms with Gasteiger partial charge in [0.05, 0.1) is 33.6 Å². The Bertz CT molecular complexity index is 671. The molecular formula is C19H24N2O3. The summed E-state index contributed by atoms with van der Waals surface area (Å²) < 4.78 is 16.1. The minimum atomic E-state index is 0.600. The predicted molar refractivity (Wildman–Crippen MR) is 96.2 cm³/mol. The van der Waals surface area contributed by atoms with Crippen LogP contribution in [0.3, 0.4) is 0 Å². The molecule has 0 fully saturated rings. The normalized spacial score (nSPS) is 10.6. The van der Waals surface area contributed by atoms with Crippen molar-refractivity contribution in [3.05, 3.63) is 53.6 Å². The molecule has 2 rings (SSSR count). The summed E-state index contributed by atoms with van der Waals surface area (Å²) in [6.45, 7) is 3.41. The molecule has 0 aromatic heterocycles. The predicted octanol–water partition coefficient (Wildman–Crippen LogP) is 3.62. The maximum Gasteiger partial charge on any atom is 0.161 e. The number of nitrogens with one attached hydrogen (secondary N) is 1. The van der Waals surface area contributed by atoms with Crippen molar-refractivity contribution in [3.8, 4) is 17.2 Å². The molecule has 0 spiro atoms. The first-order valence-electron chi connectivity index (χ1n) is 7.96. The number of hydrazone groups is 1. The van der Waals surface area contributed by atoms with Gasteiger partial charge in [0.15, 0.2) is 11.5 Å². The molecule has 24 heavy (non-hydrogen) atoms. The molecular weight excluding hydrogens is 304 g/mol. The van der Waals surface area contributed by atoms with E-state index in [0.29, 0.717) is 18.0 Å². The topological polar surface area (TPSA) is 52.1 Å². The maximum absolute atomic E-state index is 5.61. The molecule has 0 radical (unpaired) electrons. The number of hydrogen-bond acceptors (Lipinski definition) is 5. The molecule has 0 heterocycles. The third-order valence-corrected chi connectivity index (χ3v) is 3.37. The second kappa shape index (κ2) is 9.45. The molecule has 0 amide bonds. The van der Waals surface area contributed by atoms with E-state index in [9.17, 15) is 0 Å². The Morgan fingerprint density at radius 3 is 2.62 bits per heavy atom. The molecule has 0 aliphatic heterocycles. The van der Waals surface area contributed by atoms with E-state index in [1.807, 2.05) is 42.5 Å². The number of rotatable bonds is 9. The highest BCUT2D eigenvalue weighted by atomic mass is 16.5. The first-order chi connectivity index (χ1) is 11.8. The molecule has 0 saturated carbocycles. The van der Waals surface area contributed by atoms with Crippen LogP contribution in [0, 0.1) is 0 Å². The van der Waals surface area contributed by atoms with Gasteiger partial charge in [-0.1, -0.05) is 25.1 Å². The summed E-state index contributed by atoms with van der Waals surface area (Å²) in [4.78, 5) is 0. The smallest absolute Gasteiger partial charge is 0.161 e. The van der Waals surface area contributed by atoms with Gasteiger partial charge in [-0.05, 0) is 41.8 Å². The summed E-state index contributed by atoms with van der Waals surface area (Å²) in [7, 11) is 3.25. The van der Waals surface area contributed by atoms with E-state index >= 15 is 0 Å². The second-order valence-electron chi connectivity index (χ2n) is 5.20. The lowest BCUT2D eigenvalue weighted by atomic mass is 10.2. The fraction of sp³-hybridized carbons (Fsp3) is 0.316. The SMILES string of the molecule is CCCOc1cccc(/C=N/NCc2ccc(OC)c(OC)c2)c1. The van der Waals surface area contributed by atoms with Gasteiger partial charge in [0.2, 0.25) is 0 Å². The van der Waals surface area contributed by atoms with Crippen LogP contribution in [0.1, 0.15) is 24.5 Å². The molecule has 5 nitrogen and oxygen atoms in total. The zero-order valence-electron chi connectivity index (χ0n) is 14.4. The third kappa shape index (κ3) is 5.19. The molecule has 5 heteroatoms. The molecule has 2 aromatic carbocycles. The molecule has 128 valence electrons. The van der Waals surface area contributed by atoms with E-state index in [-0.39, 0.29) is 0 Å². The van der Waals surface area contributed by atoms with Crippen LogP contribution in [0.5, 0.6) is 17.2 Å². The van der Waals surface area contributed by atoms with Crippen LogP contribution in [0.4, 0.5) is 0 Å². The summed E-state index contributed by atoms with van der Waals surface area (Å²) in [5.41, 5.74) is 5.08. The van der Waals surface area contributed by atoms with Gasteiger partial charge in [-0.3, -0.25) is 0 Å². The first kappa shape index (κ1) is 17.7. The maximum atomic E-state index is 5.61. The van der Waals surface area contributed by atoms with Gasteiger partial charge >= 0.3 is 0 Å². The van der Waals surface area contributed by atoms with Crippen molar-refractivity contribution in [3.63, 3.8) is 0 Å². The van der Waals surface area contributed by atoms with E-state index in [4.69, 9.17) is 14.2 Å². The summed E-state index contributed by atoms with van der Waals surface area (Å²) in [6, 6.07) is 13.7. The molecule has 0 bridgehead atoms. The van der Waals surface area contributed by atoms with Gasteiger partial charge in [-0.2, -0.15) is 5.10 Å². The largest absolute Gasteiger partial charge is 0.494 e. The minimum absolute atomic E-state index is 0.600. The van der Waals surface area contributed by atoms with Gasteiger partial charge in [-0.25, -0.2) is 0 Å². The van der Waals surface area contributed by atoms with Crippen molar-refractivity contribution < 1.29 is 14.2 Å². The Morgan fingerprint density at radius 1 is 1.04 bits per heavy atom. The zero-order chi connectivity index (χ0) is 17.2. The molecule has 0 aliphatic rings. The Kier molecular flexibility index (Phi) is 6.95. The van der Waals surface area contributed by atoms with Crippen molar-refractivity contribution in [1.29, 1.82) is 0 Å². The van der Waals surface area contributed by atoms with E-state index < -0.39 is 0 Å². The monoisotopic (exact) mass is 328 g/mol. The number of hydrogen-bond donors (Lipinski definition) is 1. The van der Waals surface area contributed by atoms with Crippen molar-refractivity contribution in [2.24, 2.45) is 5.10 Å². The molecule has 0 atom stereocenters. The average molecular weight is 328 g/mol. The van der Waals surface area contributed by atoms with Crippen molar-refractivity contribution >= 4 is 6.21 Å². The summed E-state index contributed by atoms with van der Waals surface area (Å²) in [5.74, 6) is 2.29. The van der Waals surface area contributed by atoms with Gasteiger partial charge < -0.3 is 19.6 Å². The average Bonchev–Trinajstić information content (AvgIpc) is 2.63. The fourth-order valence-corrected chi connectivity index (χ4v) is 2.15. The van der Waals surface area contributed by atoms with Crippen LogP contribution in [0.15, 0.2) is 47.6 Å². The lowest BCUT2D eigenvalue weighted by Crippen LogP contribution is -2.06. The standard InChI is InChI=1S/C19H24N2O3/c1-4-10-24-17-7-5-6-15(11-17)13-20-21-14-16-8-9-18(22-2)19(12-16)23-3/h5-9,11-13,21H,4,10,14H2,1-3H3/b20-13+. The van der Waals surface area contributed by atoms with Crippen LogP contribution in [-0.2, 0) is 6.54 Å². The van der Waals surface area contributed by atoms with Gasteiger partial charge in [0.1, 0.15) is 5.75 Å². The van der Waals surface area contributed by atoms with Crippen LogP contribution < -0.4 is 19.6 Å². The van der Waals surface area contributed by atoms with Crippen molar-refractivity contribution in [1.82, 2.24) is 5.43 Å². The Hall–Kier alpha value is -2.69. The Morgan fingerprint density at radius 2 is 1.88 bits per heavy atom. The summed E-state index contributed by atoms with van der Waals surface area (Å²) in [6.07, 6.45) is 2.77. The highest BCUT2D eigenvalue weighted by Gasteiger charge is 2.03. The Balaban J connectivity index is 1.90. The highest BCUT2D eigenvalue weighted by Crippen LogP contribution is 2.27. The lowest BCUT2D eigenvalue weighted by Gasteiger charge is -2.09. The molecule has 1 N–H and O–H groups in total. The summed E-state index contributed by atoms with van der Waals surface area (Å²) >= 11 is 0. The molecule has 0 saturated heterocycles. The van der Waals surface area contributed by atoms with Crippen LogP contribution >= 0.6 is 0 Å².